The summed E-state index contributed by atoms with van der Waals surface area (Å²) in [4.78, 5) is 25.9. The first kappa shape index (κ1) is 20.7. The third-order valence-corrected chi connectivity index (χ3v) is 6.46. The first-order valence-electron chi connectivity index (χ1n) is 9.36. The van der Waals surface area contributed by atoms with Crippen molar-refractivity contribution < 1.29 is 19.1 Å². The van der Waals surface area contributed by atoms with Gasteiger partial charge >= 0.3 is 5.97 Å². The molecule has 28 heavy (non-hydrogen) atoms. The van der Waals surface area contributed by atoms with Crippen molar-refractivity contribution in [3.63, 3.8) is 0 Å². The molecule has 1 heterocycles. The number of fused-ring (bicyclic) bond motifs is 1. The summed E-state index contributed by atoms with van der Waals surface area (Å²) in [6, 6.07) is 5.33. The molecule has 1 aliphatic carbocycles. The molecule has 3 rings (SSSR count). The minimum Gasteiger partial charge on any atom is -0.484 e. The topological polar surface area (TPSA) is 64.6 Å². The van der Waals surface area contributed by atoms with Gasteiger partial charge in [0, 0.05) is 9.90 Å². The zero-order valence-corrected chi connectivity index (χ0v) is 17.8. The Morgan fingerprint density at radius 1 is 1.36 bits per heavy atom. The van der Waals surface area contributed by atoms with Gasteiger partial charge in [-0.3, -0.25) is 4.79 Å². The Balaban J connectivity index is 1.72. The van der Waals surface area contributed by atoms with Crippen LogP contribution in [-0.4, -0.2) is 25.6 Å². The second kappa shape index (κ2) is 8.97. The molecular formula is C21H24ClNO4S. The number of hydrogen-bond donors (Lipinski definition) is 1. The highest BCUT2D eigenvalue weighted by atomic mass is 35.5. The largest absolute Gasteiger partial charge is 0.484 e. The van der Waals surface area contributed by atoms with E-state index in [0.29, 0.717) is 27.3 Å². The smallest absolute Gasteiger partial charge is 0.341 e. The van der Waals surface area contributed by atoms with Gasteiger partial charge in [-0.15, -0.1) is 11.3 Å². The van der Waals surface area contributed by atoms with E-state index in [1.807, 2.05) is 13.0 Å². The molecule has 1 atom stereocenters. The van der Waals surface area contributed by atoms with Crippen LogP contribution in [-0.2, 0) is 28.8 Å². The maximum Gasteiger partial charge on any atom is 0.341 e. The molecule has 0 saturated carbocycles. The lowest BCUT2D eigenvalue weighted by molar-refractivity contribution is -0.118. The van der Waals surface area contributed by atoms with Gasteiger partial charge in [-0.2, -0.15) is 0 Å². The number of carbonyl (C=O) groups excluding carboxylic acids is 2. The van der Waals surface area contributed by atoms with E-state index >= 15 is 0 Å². The average molecular weight is 422 g/mol. The predicted octanol–water partition coefficient (Wildman–Crippen LogP) is 4.89. The van der Waals surface area contributed by atoms with Gasteiger partial charge in [0.15, 0.2) is 6.61 Å². The van der Waals surface area contributed by atoms with Crippen LogP contribution in [0.25, 0.3) is 0 Å². The number of thiophene rings is 1. The minimum atomic E-state index is -0.409. The molecule has 0 saturated heterocycles. The highest BCUT2D eigenvalue weighted by molar-refractivity contribution is 7.17. The zero-order chi connectivity index (χ0) is 20.3. The van der Waals surface area contributed by atoms with Crippen LogP contribution in [0.4, 0.5) is 5.00 Å². The van der Waals surface area contributed by atoms with Gasteiger partial charge in [-0.25, -0.2) is 4.79 Å². The van der Waals surface area contributed by atoms with Gasteiger partial charge in [-0.1, -0.05) is 25.4 Å². The highest BCUT2D eigenvalue weighted by Crippen LogP contribution is 2.40. The first-order valence-corrected chi connectivity index (χ1v) is 10.6. The molecule has 7 heteroatoms. The van der Waals surface area contributed by atoms with E-state index in [-0.39, 0.29) is 12.5 Å². The van der Waals surface area contributed by atoms with Crippen molar-refractivity contribution in [3.8, 4) is 5.75 Å². The molecular weight excluding hydrogens is 398 g/mol. The summed E-state index contributed by atoms with van der Waals surface area (Å²) in [5.41, 5.74) is 2.46. The molecule has 1 aromatic heterocycles. The van der Waals surface area contributed by atoms with Crippen LogP contribution in [0.2, 0.25) is 5.02 Å². The van der Waals surface area contributed by atoms with Crippen LogP contribution in [0.5, 0.6) is 5.75 Å². The zero-order valence-electron chi connectivity index (χ0n) is 16.3. The number of anilines is 1. The number of nitrogens with one attached hydrogen (secondary N) is 1. The number of benzene rings is 1. The highest BCUT2D eigenvalue weighted by Gasteiger charge is 2.28. The van der Waals surface area contributed by atoms with E-state index in [0.717, 1.165) is 41.7 Å². The van der Waals surface area contributed by atoms with Crippen LogP contribution in [0.15, 0.2) is 18.2 Å². The van der Waals surface area contributed by atoms with Gasteiger partial charge < -0.3 is 14.8 Å². The number of halogens is 1. The van der Waals surface area contributed by atoms with Gasteiger partial charge in [0.25, 0.3) is 5.91 Å². The van der Waals surface area contributed by atoms with Gasteiger partial charge in [0.1, 0.15) is 10.8 Å². The SMILES string of the molecule is CCc1cc(OCC(=O)Nc2sc3c(c2C(=O)OC)CC[C@H](C)C3)ccc1Cl. The molecule has 0 radical (unpaired) electrons. The summed E-state index contributed by atoms with van der Waals surface area (Å²) in [7, 11) is 1.36. The van der Waals surface area contributed by atoms with Crippen LogP contribution in [0.3, 0.4) is 0 Å². The fourth-order valence-electron chi connectivity index (χ4n) is 3.38. The van der Waals surface area contributed by atoms with Gasteiger partial charge in [-0.05, 0) is 60.9 Å². The van der Waals surface area contributed by atoms with Crippen molar-refractivity contribution in [3.05, 3.63) is 44.8 Å². The third kappa shape index (κ3) is 4.50. The number of amides is 1. The third-order valence-electron chi connectivity index (χ3n) is 4.92. The maximum atomic E-state index is 12.4. The summed E-state index contributed by atoms with van der Waals surface area (Å²) < 4.78 is 10.5. The van der Waals surface area contributed by atoms with Crippen LogP contribution in [0, 0.1) is 5.92 Å². The van der Waals surface area contributed by atoms with E-state index in [1.165, 1.54) is 18.4 Å². The molecule has 0 spiro atoms. The van der Waals surface area contributed by atoms with Crippen molar-refractivity contribution in [2.45, 2.75) is 39.5 Å². The van der Waals surface area contributed by atoms with Crippen molar-refractivity contribution in [2.75, 3.05) is 19.0 Å². The number of esters is 1. The first-order chi connectivity index (χ1) is 13.4. The summed E-state index contributed by atoms with van der Waals surface area (Å²) in [5, 5.41) is 4.06. The summed E-state index contributed by atoms with van der Waals surface area (Å²) in [6.07, 6.45) is 3.56. The Morgan fingerprint density at radius 2 is 2.14 bits per heavy atom. The molecule has 0 aliphatic heterocycles. The quantitative estimate of drug-likeness (QED) is 0.674. The van der Waals surface area contributed by atoms with Crippen molar-refractivity contribution in [1.29, 1.82) is 0 Å². The molecule has 1 N–H and O–H groups in total. The van der Waals surface area contributed by atoms with Crippen LogP contribution >= 0.6 is 22.9 Å². The minimum absolute atomic E-state index is 0.148. The number of carbonyl (C=O) groups is 2. The Morgan fingerprint density at radius 3 is 2.86 bits per heavy atom. The molecule has 1 aliphatic rings. The molecule has 0 bridgehead atoms. The van der Waals surface area contributed by atoms with Crippen LogP contribution in [0.1, 0.15) is 46.6 Å². The standard InChI is InChI=1S/C21H24ClNO4S/c1-4-13-10-14(6-8-16(13)22)27-11-18(24)23-20-19(21(25)26-3)15-7-5-12(2)9-17(15)28-20/h6,8,10,12H,4-5,7,9,11H2,1-3H3,(H,23,24)/t12-/m0/s1. The molecule has 0 unspecified atom stereocenters. The molecule has 1 amide bonds. The predicted molar refractivity (Wildman–Crippen MR) is 112 cm³/mol. The van der Waals surface area contributed by atoms with E-state index in [2.05, 4.69) is 12.2 Å². The number of methoxy groups -OCH3 is 1. The fourth-order valence-corrected chi connectivity index (χ4v) is 5.05. The number of aryl methyl sites for hydroxylation is 1. The van der Waals surface area contributed by atoms with Gasteiger partial charge in [0.2, 0.25) is 0 Å². The lowest BCUT2D eigenvalue weighted by atomic mass is 9.88. The Labute approximate surface area is 174 Å². The van der Waals surface area contributed by atoms with Gasteiger partial charge in [0.05, 0.1) is 12.7 Å². The molecule has 0 fully saturated rings. The second-order valence-electron chi connectivity index (χ2n) is 6.99. The average Bonchev–Trinajstić information content (AvgIpc) is 3.03. The lowest BCUT2D eigenvalue weighted by Crippen LogP contribution is -2.21. The number of rotatable bonds is 6. The van der Waals surface area contributed by atoms with E-state index in [9.17, 15) is 9.59 Å². The van der Waals surface area contributed by atoms with Crippen molar-refractivity contribution in [2.24, 2.45) is 5.92 Å². The van der Waals surface area contributed by atoms with E-state index in [4.69, 9.17) is 21.1 Å². The number of hydrogen-bond acceptors (Lipinski definition) is 5. The Bertz CT molecular complexity index is 893. The molecule has 5 nitrogen and oxygen atoms in total. The fraction of sp³-hybridized carbons (Fsp3) is 0.429. The monoisotopic (exact) mass is 421 g/mol. The van der Waals surface area contributed by atoms with Crippen molar-refractivity contribution in [1.82, 2.24) is 0 Å². The van der Waals surface area contributed by atoms with E-state index < -0.39 is 5.97 Å². The summed E-state index contributed by atoms with van der Waals surface area (Å²) in [5.74, 6) is 0.434. The second-order valence-corrected chi connectivity index (χ2v) is 8.50. The molecule has 2 aromatic rings. The summed E-state index contributed by atoms with van der Waals surface area (Å²) in [6.45, 7) is 4.05. The van der Waals surface area contributed by atoms with E-state index in [1.54, 1.807) is 12.1 Å². The lowest BCUT2D eigenvalue weighted by Gasteiger charge is -2.18. The summed E-state index contributed by atoms with van der Waals surface area (Å²) >= 11 is 7.57. The Hall–Kier alpha value is -2.05. The Kier molecular flexibility index (Phi) is 6.62. The maximum absolute atomic E-state index is 12.4. The molecule has 1 aromatic carbocycles. The normalized spacial score (nSPS) is 15.6. The number of ether oxygens (including phenoxy) is 2. The van der Waals surface area contributed by atoms with Crippen LogP contribution < -0.4 is 10.1 Å². The van der Waals surface area contributed by atoms with Crippen molar-refractivity contribution >= 4 is 39.8 Å². The molecule has 150 valence electrons.